The fourth-order valence-electron chi connectivity index (χ4n) is 3.02. The van der Waals surface area contributed by atoms with Crippen LogP contribution in [0.4, 0.5) is 4.39 Å². The van der Waals surface area contributed by atoms with E-state index in [1.165, 1.54) is 48.1 Å². The third-order valence-electron chi connectivity index (χ3n) is 4.34. The number of H-pyrrole nitrogens is 1. The van der Waals surface area contributed by atoms with Crippen molar-refractivity contribution in [3.05, 3.63) is 51.6 Å². The number of hydrogen-bond donors (Lipinski definition) is 1. The number of rotatable bonds is 3. The van der Waals surface area contributed by atoms with E-state index in [0.717, 1.165) is 28.5 Å². The maximum absolute atomic E-state index is 13.1. The zero-order chi connectivity index (χ0) is 18.1. The van der Waals surface area contributed by atoms with E-state index >= 15 is 0 Å². The Bertz CT molecular complexity index is 1010. The Balaban J connectivity index is 1.58. The molecule has 0 aliphatic carbocycles. The van der Waals surface area contributed by atoms with Gasteiger partial charge in [0.15, 0.2) is 0 Å². The van der Waals surface area contributed by atoms with Crippen LogP contribution in [0.5, 0.6) is 0 Å². The summed E-state index contributed by atoms with van der Waals surface area (Å²) >= 11 is 8.42. The van der Waals surface area contributed by atoms with Crippen LogP contribution in [0.1, 0.15) is 18.7 Å². The minimum atomic E-state index is -0.298. The summed E-state index contributed by atoms with van der Waals surface area (Å²) in [7, 11) is 0. The van der Waals surface area contributed by atoms with Crippen molar-refractivity contribution in [2.75, 3.05) is 13.1 Å². The van der Waals surface area contributed by atoms with Crippen molar-refractivity contribution in [3.63, 3.8) is 0 Å². The van der Waals surface area contributed by atoms with Crippen molar-refractivity contribution in [2.24, 2.45) is 0 Å². The topological polar surface area (TPSA) is 49.0 Å². The highest BCUT2D eigenvalue weighted by Gasteiger charge is 2.17. The van der Waals surface area contributed by atoms with E-state index in [-0.39, 0.29) is 11.4 Å². The summed E-state index contributed by atoms with van der Waals surface area (Å²) in [5.74, 6) is 0.875. The predicted octanol–water partition coefficient (Wildman–Crippen LogP) is 4.40. The van der Waals surface area contributed by atoms with Gasteiger partial charge in [-0.2, -0.15) is 0 Å². The normalized spacial score (nSPS) is 14.3. The number of fused-ring (bicyclic) bond motifs is 1. The minimum absolute atomic E-state index is 0.168. The number of aromatic amines is 1. The average molecular weight is 406 g/mol. The second-order valence-corrected chi connectivity index (χ2v) is 8.57. The van der Waals surface area contributed by atoms with Crippen LogP contribution in [-0.4, -0.2) is 32.3 Å². The molecule has 4 rings (SSSR count). The summed E-state index contributed by atoms with van der Waals surface area (Å²) < 4.78 is 14.0. The smallest absolute Gasteiger partial charge is 0.260 e. The highest BCUT2D eigenvalue weighted by atomic mass is 32.2. The molecule has 0 saturated carbocycles. The van der Waals surface area contributed by atoms with Crippen LogP contribution < -0.4 is 5.56 Å². The van der Waals surface area contributed by atoms with Crippen LogP contribution in [0.15, 0.2) is 34.4 Å². The number of thioether (sulfide) groups is 1. The highest BCUT2D eigenvalue weighted by molar-refractivity contribution is 8.22. The van der Waals surface area contributed by atoms with E-state index < -0.39 is 0 Å². The van der Waals surface area contributed by atoms with Gasteiger partial charge in [-0.1, -0.05) is 36.1 Å². The van der Waals surface area contributed by atoms with Gasteiger partial charge in [0.25, 0.3) is 5.56 Å². The number of aromatic nitrogens is 2. The largest absolute Gasteiger partial charge is 0.358 e. The quantitative estimate of drug-likeness (QED) is 0.655. The first kappa shape index (κ1) is 17.6. The Morgan fingerprint density at radius 2 is 2.04 bits per heavy atom. The summed E-state index contributed by atoms with van der Waals surface area (Å²) in [6, 6.07) is 6.14. The summed E-state index contributed by atoms with van der Waals surface area (Å²) in [6.07, 6.45) is 2.37. The maximum Gasteiger partial charge on any atom is 0.260 e. The van der Waals surface area contributed by atoms with Crippen molar-refractivity contribution in [2.45, 2.75) is 18.6 Å². The summed E-state index contributed by atoms with van der Waals surface area (Å²) in [4.78, 5) is 23.0. The van der Waals surface area contributed by atoms with Crippen LogP contribution in [0.2, 0.25) is 0 Å². The SMILES string of the molecule is O=c1[nH]c(CSC(=S)N2CCCC2)nc2scc(-c3ccc(F)cc3)c12. The average Bonchev–Trinajstić information content (AvgIpc) is 3.30. The molecule has 0 bridgehead atoms. The van der Waals surface area contributed by atoms with E-state index in [4.69, 9.17) is 12.2 Å². The molecule has 1 aliphatic heterocycles. The van der Waals surface area contributed by atoms with Crippen LogP contribution in [0, 0.1) is 5.82 Å². The standard InChI is InChI=1S/C18H16FN3OS3/c19-12-5-3-11(4-6-12)13-9-25-17-15(13)16(23)20-14(21-17)10-26-18(24)22-7-1-2-8-22/h3-6,9H,1-2,7-8,10H2,(H,20,21,23). The predicted molar refractivity (Wildman–Crippen MR) is 110 cm³/mol. The van der Waals surface area contributed by atoms with Gasteiger partial charge in [-0.3, -0.25) is 4.79 Å². The second-order valence-electron chi connectivity index (χ2n) is 6.10. The number of nitrogens with one attached hydrogen (secondary N) is 1. The third-order valence-corrected chi connectivity index (χ3v) is 6.75. The molecule has 26 heavy (non-hydrogen) atoms. The molecule has 1 aromatic carbocycles. The molecule has 1 fully saturated rings. The Labute approximate surface area is 163 Å². The molecule has 3 aromatic rings. The van der Waals surface area contributed by atoms with Crippen molar-refractivity contribution in [3.8, 4) is 11.1 Å². The van der Waals surface area contributed by atoms with Crippen molar-refractivity contribution >= 4 is 49.9 Å². The fraction of sp³-hybridized carbons (Fsp3) is 0.278. The molecule has 2 aromatic heterocycles. The lowest BCUT2D eigenvalue weighted by molar-refractivity contribution is 0.539. The molecular formula is C18H16FN3OS3. The lowest BCUT2D eigenvalue weighted by Gasteiger charge is -2.17. The zero-order valence-corrected chi connectivity index (χ0v) is 16.3. The van der Waals surface area contributed by atoms with Crippen molar-refractivity contribution < 1.29 is 4.39 Å². The van der Waals surface area contributed by atoms with Gasteiger partial charge in [-0.05, 0) is 30.5 Å². The number of benzene rings is 1. The van der Waals surface area contributed by atoms with Gasteiger partial charge in [0.1, 0.15) is 20.8 Å². The monoisotopic (exact) mass is 405 g/mol. The molecule has 0 spiro atoms. The number of likely N-dealkylation sites (tertiary alicyclic amines) is 1. The van der Waals surface area contributed by atoms with Crippen LogP contribution in [0.25, 0.3) is 21.3 Å². The minimum Gasteiger partial charge on any atom is -0.358 e. The molecule has 0 radical (unpaired) electrons. The van der Waals surface area contributed by atoms with E-state index in [9.17, 15) is 9.18 Å². The first-order valence-corrected chi connectivity index (χ1v) is 10.6. The van der Waals surface area contributed by atoms with E-state index in [1.54, 1.807) is 12.1 Å². The number of thiophene rings is 1. The van der Waals surface area contributed by atoms with Gasteiger partial charge >= 0.3 is 0 Å². The summed E-state index contributed by atoms with van der Waals surface area (Å²) in [5.41, 5.74) is 1.42. The molecule has 134 valence electrons. The van der Waals surface area contributed by atoms with Crippen LogP contribution in [-0.2, 0) is 5.75 Å². The lowest BCUT2D eigenvalue weighted by atomic mass is 10.1. The third kappa shape index (κ3) is 3.54. The van der Waals surface area contributed by atoms with E-state index in [1.807, 2.05) is 5.38 Å². The summed E-state index contributed by atoms with van der Waals surface area (Å²) in [5, 5.41) is 2.45. The second kappa shape index (κ2) is 7.46. The van der Waals surface area contributed by atoms with Gasteiger partial charge in [0.2, 0.25) is 0 Å². The molecule has 4 nitrogen and oxygen atoms in total. The molecular weight excluding hydrogens is 389 g/mol. The fourth-order valence-corrected chi connectivity index (χ4v) is 5.11. The Morgan fingerprint density at radius 1 is 1.31 bits per heavy atom. The molecule has 0 amide bonds. The van der Waals surface area contributed by atoms with E-state index in [2.05, 4.69) is 14.9 Å². The van der Waals surface area contributed by atoms with Gasteiger partial charge in [-0.15, -0.1) is 11.3 Å². The first-order valence-electron chi connectivity index (χ1n) is 8.30. The summed E-state index contributed by atoms with van der Waals surface area (Å²) in [6.45, 7) is 2.03. The molecule has 1 aliphatic rings. The highest BCUT2D eigenvalue weighted by Crippen LogP contribution is 2.31. The molecule has 0 unspecified atom stereocenters. The Kier molecular flexibility index (Phi) is 5.06. The lowest BCUT2D eigenvalue weighted by Crippen LogP contribution is -2.23. The first-order chi connectivity index (χ1) is 12.6. The van der Waals surface area contributed by atoms with E-state index in [0.29, 0.717) is 21.8 Å². The van der Waals surface area contributed by atoms with Gasteiger partial charge in [0.05, 0.1) is 11.1 Å². The zero-order valence-electron chi connectivity index (χ0n) is 13.8. The number of halogens is 1. The van der Waals surface area contributed by atoms with Gasteiger partial charge < -0.3 is 9.88 Å². The van der Waals surface area contributed by atoms with Crippen LogP contribution in [0.3, 0.4) is 0 Å². The Hall–Kier alpha value is -1.77. The Morgan fingerprint density at radius 3 is 2.77 bits per heavy atom. The van der Waals surface area contributed by atoms with Gasteiger partial charge in [0, 0.05) is 24.0 Å². The molecule has 3 heterocycles. The molecule has 1 N–H and O–H groups in total. The number of nitrogens with zero attached hydrogens (tertiary/aromatic N) is 2. The van der Waals surface area contributed by atoms with Gasteiger partial charge in [-0.25, -0.2) is 9.37 Å². The molecule has 8 heteroatoms. The van der Waals surface area contributed by atoms with Crippen LogP contribution >= 0.6 is 35.3 Å². The number of thiocarbonyl (C=S) groups is 1. The van der Waals surface area contributed by atoms with Crippen molar-refractivity contribution in [1.29, 1.82) is 0 Å². The maximum atomic E-state index is 13.1. The molecule has 0 atom stereocenters. The number of hydrogen-bond acceptors (Lipinski definition) is 5. The van der Waals surface area contributed by atoms with Crippen molar-refractivity contribution in [1.82, 2.24) is 14.9 Å². The molecule has 1 saturated heterocycles.